The summed E-state index contributed by atoms with van der Waals surface area (Å²) in [6.07, 6.45) is -0.416. The van der Waals surface area contributed by atoms with Crippen LogP contribution in [0.4, 0.5) is 5.13 Å². The Bertz CT molecular complexity index is 416. The van der Waals surface area contributed by atoms with E-state index in [-0.39, 0.29) is 0 Å². The minimum Gasteiger partial charge on any atom is -0.388 e. The molecule has 1 saturated heterocycles. The molecule has 1 aromatic rings. The molecule has 18 heavy (non-hydrogen) atoms. The molecule has 5 heteroatoms. The Morgan fingerprint density at radius 1 is 1.44 bits per heavy atom. The SMILES string of the molecule is Cc1nc(N2CC(C)C(N(C)C)C2)sc1C(C)O. The molecular weight excluding hydrogens is 246 g/mol. The van der Waals surface area contributed by atoms with E-state index in [0.717, 1.165) is 28.8 Å². The van der Waals surface area contributed by atoms with Crippen molar-refractivity contribution in [3.63, 3.8) is 0 Å². The Hall–Kier alpha value is -0.650. The fraction of sp³-hybridized carbons (Fsp3) is 0.769. The molecule has 4 nitrogen and oxygen atoms in total. The van der Waals surface area contributed by atoms with E-state index in [9.17, 15) is 5.11 Å². The summed E-state index contributed by atoms with van der Waals surface area (Å²) in [4.78, 5) is 10.2. The third kappa shape index (κ3) is 2.53. The van der Waals surface area contributed by atoms with Gasteiger partial charge >= 0.3 is 0 Å². The van der Waals surface area contributed by atoms with E-state index < -0.39 is 6.10 Å². The summed E-state index contributed by atoms with van der Waals surface area (Å²) in [5.41, 5.74) is 0.964. The lowest BCUT2D eigenvalue weighted by Crippen LogP contribution is -2.34. The van der Waals surface area contributed by atoms with Gasteiger partial charge in [0.05, 0.1) is 16.7 Å². The normalized spacial score (nSPS) is 26.1. The molecule has 3 atom stereocenters. The topological polar surface area (TPSA) is 39.6 Å². The average Bonchev–Trinajstić information content (AvgIpc) is 2.81. The molecule has 0 radical (unpaired) electrons. The summed E-state index contributed by atoms with van der Waals surface area (Å²) in [6, 6.07) is 0.587. The van der Waals surface area contributed by atoms with Crippen molar-refractivity contribution in [2.75, 3.05) is 32.1 Å². The van der Waals surface area contributed by atoms with Crippen molar-refractivity contribution in [2.45, 2.75) is 32.9 Å². The van der Waals surface area contributed by atoms with E-state index in [1.165, 1.54) is 0 Å². The van der Waals surface area contributed by atoms with Crippen molar-refractivity contribution in [3.05, 3.63) is 10.6 Å². The number of aryl methyl sites for hydroxylation is 1. The predicted octanol–water partition coefficient (Wildman–Crippen LogP) is 1.89. The minimum atomic E-state index is -0.416. The number of hydrogen-bond acceptors (Lipinski definition) is 5. The third-order valence-electron chi connectivity index (χ3n) is 3.71. The van der Waals surface area contributed by atoms with Gasteiger partial charge in [0.2, 0.25) is 0 Å². The number of nitrogens with zero attached hydrogens (tertiary/aromatic N) is 3. The van der Waals surface area contributed by atoms with Crippen LogP contribution >= 0.6 is 11.3 Å². The number of aliphatic hydroxyl groups is 1. The maximum Gasteiger partial charge on any atom is 0.185 e. The molecule has 2 rings (SSSR count). The first kappa shape index (κ1) is 13.8. The molecule has 0 bridgehead atoms. The zero-order valence-electron chi connectivity index (χ0n) is 11.8. The Kier molecular flexibility index (Phi) is 3.94. The lowest BCUT2D eigenvalue weighted by molar-refractivity contribution is 0.202. The quantitative estimate of drug-likeness (QED) is 0.909. The second-order valence-corrected chi connectivity index (χ2v) is 6.54. The highest BCUT2D eigenvalue weighted by molar-refractivity contribution is 7.15. The van der Waals surface area contributed by atoms with Gasteiger partial charge in [0.15, 0.2) is 5.13 Å². The van der Waals surface area contributed by atoms with E-state index in [4.69, 9.17) is 0 Å². The van der Waals surface area contributed by atoms with Gasteiger partial charge in [-0.25, -0.2) is 4.98 Å². The highest BCUT2D eigenvalue weighted by Crippen LogP contribution is 2.34. The van der Waals surface area contributed by atoms with Crippen LogP contribution in [0, 0.1) is 12.8 Å². The van der Waals surface area contributed by atoms with Gasteiger partial charge in [-0.2, -0.15) is 0 Å². The summed E-state index contributed by atoms with van der Waals surface area (Å²) >= 11 is 1.63. The van der Waals surface area contributed by atoms with Crippen LogP contribution in [0.5, 0.6) is 0 Å². The lowest BCUT2D eigenvalue weighted by atomic mass is 10.1. The highest BCUT2D eigenvalue weighted by Gasteiger charge is 2.32. The molecule has 1 fully saturated rings. The molecule has 0 amide bonds. The van der Waals surface area contributed by atoms with Crippen LogP contribution in [0.25, 0.3) is 0 Å². The van der Waals surface area contributed by atoms with Gasteiger partial charge in [-0.05, 0) is 33.9 Å². The van der Waals surface area contributed by atoms with Crippen LogP contribution in [-0.4, -0.2) is 48.2 Å². The molecule has 3 unspecified atom stereocenters. The first-order valence-electron chi connectivity index (χ1n) is 6.47. The van der Waals surface area contributed by atoms with E-state index in [0.29, 0.717) is 12.0 Å². The molecular formula is C13H23N3OS. The zero-order chi connectivity index (χ0) is 13.4. The van der Waals surface area contributed by atoms with Crippen LogP contribution in [0.15, 0.2) is 0 Å². The van der Waals surface area contributed by atoms with Crippen molar-refractivity contribution in [3.8, 4) is 0 Å². The number of hydrogen-bond donors (Lipinski definition) is 1. The standard InChI is InChI=1S/C13H23N3OS/c1-8-6-16(7-11(8)15(4)5)13-14-9(2)12(18-13)10(3)17/h8,10-11,17H,6-7H2,1-5H3. The predicted molar refractivity (Wildman–Crippen MR) is 76.3 cm³/mol. The Morgan fingerprint density at radius 2 is 2.11 bits per heavy atom. The van der Waals surface area contributed by atoms with Crippen LogP contribution in [0.2, 0.25) is 0 Å². The summed E-state index contributed by atoms with van der Waals surface area (Å²) in [7, 11) is 4.28. The molecule has 1 N–H and O–H groups in total. The molecule has 1 aliphatic heterocycles. The molecule has 1 aromatic heterocycles. The van der Waals surface area contributed by atoms with Gasteiger partial charge in [0, 0.05) is 19.1 Å². The third-order valence-corrected chi connectivity index (χ3v) is 5.10. The van der Waals surface area contributed by atoms with Gasteiger partial charge in [-0.3, -0.25) is 0 Å². The molecule has 0 aliphatic carbocycles. The average molecular weight is 269 g/mol. The van der Waals surface area contributed by atoms with Crippen LogP contribution in [0.3, 0.4) is 0 Å². The van der Waals surface area contributed by atoms with E-state index in [1.54, 1.807) is 18.3 Å². The summed E-state index contributed by atoms with van der Waals surface area (Å²) in [6.45, 7) is 8.15. The van der Waals surface area contributed by atoms with E-state index in [1.807, 2.05) is 6.92 Å². The second-order valence-electron chi connectivity index (χ2n) is 5.54. The first-order valence-corrected chi connectivity index (χ1v) is 7.28. The zero-order valence-corrected chi connectivity index (χ0v) is 12.7. The van der Waals surface area contributed by atoms with Gasteiger partial charge in [-0.15, -0.1) is 0 Å². The molecule has 1 aliphatic rings. The fourth-order valence-electron chi connectivity index (χ4n) is 2.69. The first-order chi connectivity index (χ1) is 8.40. The van der Waals surface area contributed by atoms with Gasteiger partial charge in [0.25, 0.3) is 0 Å². The largest absolute Gasteiger partial charge is 0.388 e. The smallest absolute Gasteiger partial charge is 0.185 e. The fourth-order valence-corrected chi connectivity index (χ4v) is 3.72. The maximum absolute atomic E-state index is 9.70. The summed E-state index contributed by atoms with van der Waals surface area (Å²) in [5.74, 6) is 0.652. The van der Waals surface area contributed by atoms with Crippen molar-refractivity contribution in [1.82, 2.24) is 9.88 Å². The van der Waals surface area contributed by atoms with E-state index >= 15 is 0 Å². The number of rotatable bonds is 3. The summed E-state index contributed by atoms with van der Waals surface area (Å²) in [5, 5.41) is 10.8. The molecule has 2 heterocycles. The Balaban J connectivity index is 2.16. The van der Waals surface area contributed by atoms with Crippen molar-refractivity contribution in [2.24, 2.45) is 5.92 Å². The Labute approximate surface area is 113 Å². The number of aliphatic hydroxyl groups excluding tert-OH is 1. The molecule has 0 aromatic carbocycles. The van der Waals surface area contributed by atoms with Crippen LogP contribution < -0.4 is 4.90 Å². The monoisotopic (exact) mass is 269 g/mol. The van der Waals surface area contributed by atoms with Crippen LogP contribution in [-0.2, 0) is 0 Å². The second kappa shape index (κ2) is 5.15. The van der Waals surface area contributed by atoms with Gasteiger partial charge < -0.3 is 14.9 Å². The van der Waals surface area contributed by atoms with Gasteiger partial charge in [0.1, 0.15) is 0 Å². The van der Waals surface area contributed by atoms with Gasteiger partial charge in [-0.1, -0.05) is 18.3 Å². The van der Waals surface area contributed by atoms with Crippen molar-refractivity contribution < 1.29 is 5.11 Å². The lowest BCUT2D eigenvalue weighted by Gasteiger charge is -2.22. The minimum absolute atomic E-state index is 0.416. The van der Waals surface area contributed by atoms with Crippen molar-refractivity contribution >= 4 is 16.5 Å². The number of aromatic nitrogens is 1. The number of likely N-dealkylation sites (N-methyl/N-ethyl adjacent to an activating group) is 1. The molecule has 0 saturated carbocycles. The maximum atomic E-state index is 9.70. The van der Waals surface area contributed by atoms with Crippen LogP contribution in [0.1, 0.15) is 30.5 Å². The molecule has 0 spiro atoms. The summed E-state index contributed by atoms with van der Waals surface area (Å²) < 4.78 is 0. The molecule has 102 valence electrons. The highest BCUT2D eigenvalue weighted by atomic mass is 32.1. The Morgan fingerprint density at radius 3 is 2.56 bits per heavy atom. The number of thiazole rings is 1. The van der Waals surface area contributed by atoms with Crippen molar-refractivity contribution in [1.29, 1.82) is 0 Å². The number of anilines is 1. The van der Waals surface area contributed by atoms with E-state index in [2.05, 4.69) is 35.8 Å².